The average Bonchev–Trinajstić information content (AvgIpc) is 2.65. The van der Waals surface area contributed by atoms with Gasteiger partial charge in [-0.25, -0.2) is 13.8 Å². The number of hydrogen-bond donors (Lipinski definition) is 2. The van der Waals surface area contributed by atoms with Gasteiger partial charge in [0.1, 0.15) is 17.1 Å². The largest absolute Gasteiger partial charge is 0.497 e. The molecule has 0 fully saturated rings. The number of hydrogen-bond acceptors (Lipinski definition) is 5. The molecule has 3 aromatic rings. The number of nitrogens with two attached hydrogens (primary N) is 1. The van der Waals surface area contributed by atoms with Gasteiger partial charge in [0.25, 0.3) is 5.56 Å². The number of anilines is 1. The molecule has 3 N–H and O–H groups in total. The van der Waals surface area contributed by atoms with E-state index in [2.05, 4.69) is 9.97 Å². The number of nitrogen functional groups attached to an aromatic ring is 1. The van der Waals surface area contributed by atoms with E-state index in [1.165, 1.54) is 12.1 Å². The van der Waals surface area contributed by atoms with E-state index < -0.39 is 17.2 Å². The van der Waals surface area contributed by atoms with E-state index in [-0.39, 0.29) is 22.2 Å². The summed E-state index contributed by atoms with van der Waals surface area (Å²) in [6.45, 7) is 0. The zero-order valence-electron chi connectivity index (χ0n) is 13.8. The van der Waals surface area contributed by atoms with Gasteiger partial charge in [0.15, 0.2) is 16.8 Å². The monoisotopic (exact) mass is 375 g/mol. The Morgan fingerprint density at radius 3 is 2.62 bits per heavy atom. The first-order valence-electron chi connectivity index (χ1n) is 7.59. The van der Waals surface area contributed by atoms with E-state index in [0.29, 0.717) is 17.0 Å². The summed E-state index contributed by atoms with van der Waals surface area (Å²) in [6, 6.07) is 10.9. The van der Waals surface area contributed by atoms with Crippen molar-refractivity contribution in [1.29, 1.82) is 0 Å². The smallest absolute Gasteiger partial charge is 0.275 e. The average molecular weight is 375 g/mol. The highest BCUT2D eigenvalue weighted by Crippen LogP contribution is 2.27. The highest BCUT2D eigenvalue weighted by atomic mass is 32.2. The predicted molar refractivity (Wildman–Crippen MR) is 97.2 cm³/mol. The van der Waals surface area contributed by atoms with Crippen molar-refractivity contribution in [3.05, 3.63) is 70.0 Å². The predicted octanol–water partition coefficient (Wildman–Crippen LogP) is 3.60. The molecule has 0 spiro atoms. The molecule has 0 amide bonds. The third kappa shape index (κ3) is 3.70. The number of benzene rings is 2. The lowest BCUT2D eigenvalue weighted by Gasteiger charge is -2.09. The van der Waals surface area contributed by atoms with Crippen LogP contribution in [0.2, 0.25) is 0 Å². The first kappa shape index (κ1) is 17.9. The lowest BCUT2D eigenvalue weighted by atomic mass is 10.1. The Labute approximate surface area is 152 Å². The summed E-state index contributed by atoms with van der Waals surface area (Å²) in [5.41, 5.74) is 6.48. The third-order valence-electron chi connectivity index (χ3n) is 3.69. The van der Waals surface area contributed by atoms with Gasteiger partial charge in [0, 0.05) is 16.9 Å². The second kappa shape index (κ2) is 7.57. The van der Waals surface area contributed by atoms with Gasteiger partial charge in [-0.05, 0) is 30.3 Å². The van der Waals surface area contributed by atoms with Crippen molar-refractivity contribution in [2.24, 2.45) is 0 Å². The Morgan fingerprint density at radius 1 is 1.19 bits per heavy atom. The van der Waals surface area contributed by atoms with Crippen molar-refractivity contribution in [3.63, 3.8) is 0 Å². The highest BCUT2D eigenvalue weighted by Gasteiger charge is 2.13. The number of nitrogens with zero attached hydrogens (tertiary/aromatic N) is 1. The summed E-state index contributed by atoms with van der Waals surface area (Å²) in [5, 5.41) is 0.263. The molecule has 0 unspecified atom stereocenters. The maximum atomic E-state index is 13.8. The first-order chi connectivity index (χ1) is 12.5. The van der Waals surface area contributed by atoms with Crippen LogP contribution in [0.15, 0.2) is 52.4 Å². The van der Waals surface area contributed by atoms with Gasteiger partial charge in [-0.3, -0.25) is 9.78 Å². The van der Waals surface area contributed by atoms with Gasteiger partial charge in [0.05, 0.1) is 7.11 Å². The minimum Gasteiger partial charge on any atom is -0.497 e. The summed E-state index contributed by atoms with van der Waals surface area (Å²) >= 11 is 1.08. The molecular weight excluding hydrogens is 360 g/mol. The van der Waals surface area contributed by atoms with Gasteiger partial charge in [-0.1, -0.05) is 23.9 Å². The van der Waals surface area contributed by atoms with Crippen LogP contribution < -0.4 is 16.0 Å². The van der Waals surface area contributed by atoms with E-state index in [9.17, 15) is 13.6 Å². The Bertz CT molecular complexity index is 991. The van der Waals surface area contributed by atoms with Crippen molar-refractivity contribution in [2.75, 3.05) is 12.8 Å². The number of methoxy groups -OCH3 is 1. The minimum atomic E-state index is -0.916. The van der Waals surface area contributed by atoms with Crippen LogP contribution >= 0.6 is 11.8 Å². The van der Waals surface area contributed by atoms with E-state index in [4.69, 9.17) is 10.5 Å². The summed E-state index contributed by atoms with van der Waals surface area (Å²) in [4.78, 5) is 19.0. The lowest BCUT2D eigenvalue weighted by Crippen LogP contribution is -2.15. The van der Waals surface area contributed by atoms with Gasteiger partial charge in [0.2, 0.25) is 0 Å². The van der Waals surface area contributed by atoms with Crippen LogP contribution in [0.5, 0.6) is 5.75 Å². The van der Waals surface area contributed by atoms with Crippen LogP contribution in [0.1, 0.15) is 5.56 Å². The molecule has 5 nitrogen and oxygen atoms in total. The first-order valence-corrected chi connectivity index (χ1v) is 8.58. The van der Waals surface area contributed by atoms with Crippen LogP contribution in [-0.2, 0) is 5.75 Å². The maximum absolute atomic E-state index is 13.8. The zero-order valence-corrected chi connectivity index (χ0v) is 14.6. The number of nitrogens with one attached hydrogen (secondary N) is 1. The number of aromatic amines is 1. The molecule has 1 heterocycles. The summed E-state index contributed by atoms with van der Waals surface area (Å²) in [7, 11) is 1.55. The van der Waals surface area contributed by atoms with Gasteiger partial charge < -0.3 is 10.5 Å². The molecule has 0 bridgehead atoms. The van der Waals surface area contributed by atoms with E-state index >= 15 is 0 Å². The third-order valence-corrected chi connectivity index (χ3v) is 4.62. The standard InChI is InChI=1S/C18H15F2N3O2S/c1-25-12-7-5-10(6-8-12)16-15(21)17(24)23-18(22-16)26-9-11-3-2-4-13(19)14(11)20/h2-8H,9,21H2,1H3,(H,22,23,24). The zero-order chi connectivity index (χ0) is 18.7. The van der Waals surface area contributed by atoms with Gasteiger partial charge in [-0.2, -0.15) is 0 Å². The molecule has 26 heavy (non-hydrogen) atoms. The highest BCUT2D eigenvalue weighted by molar-refractivity contribution is 7.98. The Kier molecular flexibility index (Phi) is 5.22. The quantitative estimate of drug-likeness (QED) is 0.526. The Balaban J connectivity index is 1.90. The topological polar surface area (TPSA) is 81.0 Å². The van der Waals surface area contributed by atoms with Crippen LogP contribution in [0.3, 0.4) is 0 Å². The van der Waals surface area contributed by atoms with Crippen molar-refractivity contribution >= 4 is 17.4 Å². The SMILES string of the molecule is COc1ccc(-c2nc(SCc3cccc(F)c3F)[nH]c(=O)c2N)cc1. The van der Waals surface area contributed by atoms with Gasteiger partial charge in [-0.15, -0.1) is 0 Å². The molecule has 134 valence electrons. The number of H-pyrrole nitrogens is 1. The number of thioether (sulfide) groups is 1. The van der Waals surface area contributed by atoms with E-state index in [1.54, 1.807) is 31.4 Å². The second-order valence-corrected chi connectivity index (χ2v) is 6.33. The Hall–Kier alpha value is -2.87. The maximum Gasteiger partial charge on any atom is 0.275 e. The number of rotatable bonds is 5. The minimum absolute atomic E-state index is 0.0172. The summed E-state index contributed by atoms with van der Waals surface area (Å²) in [6.07, 6.45) is 0. The molecule has 3 rings (SSSR count). The summed E-state index contributed by atoms with van der Waals surface area (Å²) in [5.74, 6) is -1.05. The fourth-order valence-electron chi connectivity index (χ4n) is 2.31. The molecule has 2 aromatic carbocycles. The lowest BCUT2D eigenvalue weighted by molar-refractivity contribution is 0.415. The Morgan fingerprint density at radius 2 is 1.92 bits per heavy atom. The molecule has 0 atom stereocenters. The molecule has 0 aliphatic rings. The molecule has 0 saturated carbocycles. The molecule has 0 radical (unpaired) electrons. The van der Waals surface area contributed by atoms with Crippen molar-refractivity contribution in [2.45, 2.75) is 10.9 Å². The molecule has 0 saturated heterocycles. The fraction of sp³-hybridized carbons (Fsp3) is 0.111. The number of halogens is 2. The van der Waals surface area contributed by atoms with E-state index in [1.807, 2.05) is 0 Å². The molecule has 0 aliphatic heterocycles. The van der Waals surface area contributed by atoms with Crippen LogP contribution in [0, 0.1) is 11.6 Å². The second-order valence-electron chi connectivity index (χ2n) is 5.36. The van der Waals surface area contributed by atoms with Crippen molar-refractivity contribution in [1.82, 2.24) is 9.97 Å². The normalized spacial score (nSPS) is 10.7. The van der Waals surface area contributed by atoms with Crippen LogP contribution in [0.25, 0.3) is 11.3 Å². The molecule has 8 heteroatoms. The molecular formula is C18H15F2N3O2S. The van der Waals surface area contributed by atoms with Crippen LogP contribution in [0.4, 0.5) is 14.5 Å². The number of ether oxygens (including phenoxy) is 1. The molecule has 1 aromatic heterocycles. The van der Waals surface area contributed by atoms with E-state index in [0.717, 1.165) is 17.8 Å². The molecule has 0 aliphatic carbocycles. The fourth-order valence-corrected chi connectivity index (χ4v) is 3.14. The van der Waals surface area contributed by atoms with Gasteiger partial charge >= 0.3 is 0 Å². The van der Waals surface area contributed by atoms with Crippen LogP contribution in [-0.4, -0.2) is 17.1 Å². The summed E-state index contributed by atoms with van der Waals surface area (Å²) < 4.78 is 32.1. The number of aromatic nitrogens is 2. The van der Waals surface area contributed by atoms with Crippen molar-refractivity contribution < 1.29 is 13.5 Å². The van der Waals surface area contributed by atoms with Crippen molar-refractivity contribution in [3.8, 4) is 17.0 Å².